The van der Waals surface area contributed by atoms with Crippen LogP contribution in [0.25, 0.3) is 11.1 Å². The summed E-state index contributed by atoms with van der Waals surface area (Å²) in [7, 11) is 0. The zero-order valence-corrected chi connectivity index (χ0v) is 12.4. The van der Waals surface area contributed by atoms with Gasteiger partial charge in [0.15, 0.2) is 0 Å². The molecule has 0 saturated heterocycles. The SMILES string of the molecule is CCc1cccc2c1Cc1ccccc1-2.c1ccccc1. The van der Waals surface area contributed by atoms with Crippen molar-refractivity contribution in [1.29, 1.82) is 0 Å². The molecule has 0 heteroatoms. The molecule has 104 valence electrons. The zero-order valence-electron chi connectivity index (χ0n) is 12.4. The van der Waals surface area contributed by atoms with E-state index in [0.29, 0.717) is 0 Å². The minimum Gasteiger partial charge on any atom is -0.0623 e. The summed E-state index contributed by atoms with van der Waals surface area (Å²) in [4.78, 5) is 0. The lowest BCUT2D eigenvalue weighted by Crippen LogP contribution is -1.89. The summed E-state index contributed by atoms with van der Waals surface area (Å²) >= 11 is 0. The molecule has 0 nitrogen and oxygen atoms in total. The van der Waals surface area contributed by atoms with Crippen LogP contribution in [0.2, 0.25) is 0 Å². The van der Waals surface area contributed by atoms with Gasteiger partial charge in [-0.15, -0.1) is 0 Å². The first kappa shape index (κ1) is 13.6. The fourth-order valence-corrected chi connectivity index (χ4v) is 2.94. The lowest BCUT2D eigenvalue weighted by Gasteiger charge is -2.05. The number of hydrogen-bond acceptors (Lipinski definition) is 0. The fraction of sp³-hybridized carbons (Fsp3) is 0.143. The molecular formula is C21H20. The highest BCUT2D eigenvalue weighted by atomic mass is 14.2. The molecule has 0 radical (unpaired) electrons. The Morgan fingerprint density at radius 3 is 1.95 bits per heavy atom. The third-order valence-corrected chi connectivity index (χ3v) is 4.00. The van der Waals surface area contributed by atoms with Gasteiger partial charge < -0.3 is 0 Å². The van der Waals surface area contributed by atoms with E-state index in [-0.39, 0.29) is 0 Å². The normalized spacial score (nSPS) is 11.1. The van der Waals surface area contributed by atoms with Crippen molar-refractivity contribution < 1.29 is 0 Å². The van der Waals surface area contributed by atoms with Gasteiger partial charge in [0, 0.05) is 0 Å². The van der Waals surface area contributed by atoms with Gasteiger partial charge in [-0.05, 0) is 40.7 Å². The van der Waals surface area contributed by atoms with E-state index in [1.54, 1.807) is 5.56 Å². The van der Waals surface area contributed by atoms with Crippen LogP contribution in [-0.2, 0) is 12.8 Å². The summed E-state index contributed by atoms with van der Waals surface area (Å²) in [5.74, 6) is 0. The Kier molecular flexibility index (Phi) is 4.16. The third-order valence-electron chi connectivity index (χ3n) is 4.00. The lowest BCUT2D eigenvalue weighted by atomic mass is 10.00. The maximum Gasteiger partial charge on any atom is -0.00107 e. The second-order valence-electron chi connectivity index (χ2n) is 5.29. The van der Waals surface area contributed by atoms with Crippen LogP contribution in [-0.4, -0.2) is 0 Å². The molecule has 0 saturated carbocycles. The summed E-state index contributed by atoms with van der Waals surface area (Å²) in [5.41, 5.74) is 7.41. The van der Waals surface area contributed by atoms with Crippen molar-refractivity contribution in [3.05, 3.63) is 95.6 Å². The molecule has 0 amide bonds. The number of aryl methyl sites for hydroxylation is 1. The molecule has 3 aromatic rings. The molecule has 4 rings (SSSR count). The Hall–Kier alpha value is -2.34. The Morgan fingerprint density at radius 1 is 0.667 bits per heavy atom. The monoisotopic (exact) mass is 272 g/mol. The highest BCUT2D eigenvalue weighted by Crippen LogP contribution is 2.37. The Balaban J connectivity index is 0.000000186. The van der Waals surface area contributed by atoms with Gasteiger partial charge in [-0.25, -0.2) is 0 Å². The Morgan fingerprint density at radius 2 is 1.29 bits per heavy atom. The Bertz CT molecular complexity index is 684. The Labute approximate surface area is 127 Å². The molecule has 3 aromatic carbocycles. The van der Waals surface area contributed by atoms with E-state index in [9.17, 15) is 0 Å². The summed E-state index contributed by atoms with van der Waals surface area (Å²) < 4.78 is 0. The maximum atomic E-state index is 2.25. The number of rotatable bonds is 1. The number of benzene rings is 3. The third kappa shape index (κ3) is 2.90. The van der Waals surface area contributed by atoms with Gasteiger partial charge in [-0.3, -0.25) is 0 Å². The van der Waals surface area contributed by atoms with Crippen LogP contribution in [0.3, 0.4) is 0 Å². The average molecular weight is 272 g/mol. The fourth-order valence-electron chi connectivity index (χ4n) is 2.94. The van der Waals surface area contributed by atoms with Crippen molar-refractivity contribution in [3.8, 4) is 11.1 Å². The number of fused-ring (bicyclic) bond motifs is 3. The van der Waals surface area contributed by atoms with Gasteiger partial charge in [0.25, 0.3) is 0 Å². The number of hydrogen-bond donors (Lipinski definition) is 0. The van der Waals surface area contributed by atoms with Crippen molar-refractivity contribution in [2.24, 2.45) is 0 Å². The van der Waals surface area contributed by atoms with Gasteiger partial charge in [0.05, 0.1) is 0 Å². The van der Waals surface area contributed by atoms with Crippen molar-refractivity contribution >= 4 is 0 Å². The molecular weight excluding hydrogens is 252 g/mol. The van der Waals surface area contributed by atoms with Crippen molar-refractivity contribution in [2.75, 3.05) is 0 Å². The van der Waals surface area contributed by atoms with Gasteiger partial charge in [0.2, 0.25) is 0 Å². The summed E-state index contributed by atoms with van der Waals surface area (Å²) in [6, 6.07) is 27.4. The zero-order chi connectivity index (χ0) is 14.5. The molecule has 1 aliphatic carbocycles. The first-order valence-corrected chi connectivity index (χ1v) is 7.59. The largest absolute Gasteiger partial charge is 0.0623 e. The minimum atomic E-state index is 1.12. The standard InChI is InChI=1S/C15H14.C6H6/c1-2-11-7-5-9-14-13-8-4-3-6-12(13)10-15(11)14;1-2-4-6-5-3-1/h3-9H,2,10H2,1H3;1-6H. The summed E-state index contributed by atoms with van der Waals surface area (Å²) in [6.45, 7) is 2.23. The molecule has 0 heterocycles. The van der Waals surface area contributed by atoms with E-state index in [1.165, 1.54) is 22.3 Å². The molecule has 0 N–H and O–H groups in total. The predicted molar refractivity (Wildman–Crippen MR) is 90.5 cm³/mol. The molecule has 0 unspecified atom stereocenters. The molecule has 0 atom stereocenters. The highest BCUT2D eigenvalue weighted by molar-refractivity contribution is 5.77. The van der Waals surface area contributed by atoms with E-state index in [4.69, 9.17) is 0 Å². The summed E-state index contributed by atoms with van der Waals surface area (Å²) in [6.07, 6.45) is 2.26. The second-order valence-corrected chi connectivity index (χ2v) is 5.29. The molecule has 21 heavy (non-hydrogen) atoms. The molecule has 1 aliphatic rings. The van der Waals surface area contributed by atoms with E-state index < -0.39 is 0 Å². The molecule has 0 spiro atoms. The molecule has 0 aliphatic heterocycles. The minimum absolute atomic E-state index is 1.12. The van der Waals surface area contributed by atoms with E-state index in [0.717, 1.165) is 12.8 Å². The van der Waals surface area contributed by atoms with Gasteiger partial charge in [-0.2, -0.15) is 0 Å². The second kappa shape index (κ2) is 6.41. The molecule has 0 aromatic heterocycles. The lowest BCUT2D eigenvalue weighted by molar-refractivity contribution is 1.08. The van der Waals surface area contributed by atoms with Gasteiger partial charge in [-0.1, -0.05) is 85.8 Å². The molecule has 0 bridgehead atoms. The van der Waals surface area contributed by atoms with Crippen molar-refractivity contribution in [3.63, 3.8) is 0 Å². The van der Waals surface area contributed by atoms with Crippen LogP contribution in [0.1, 0.15) is 23.6 Å². The smallest absolute Gasteiger partial charge is 0.00107 e. The quantitative estimate of drug-likeness (QED) is 0.429. The van der Waals surface area contributed by atoms with E-state index >= 15 is 0 Å². The van der Waals surface area contributed by atoms with Crippen LogP contribution < -0.4 is 0 Å². The van der Waals surface area contributed by atoms with Crippen LogP contribution in [0.15, 0.2) is 78.9 Å². The van der Waals surface area contributed by atoms with Crippen LogP contribution in [0.5, 0.6) is 0 Å². The van der Waals surface area contributed by atoms with Crippen LogP contribution in [0, 0.1) is 0 Å². The van der Waals surface area contributed by atoms with E-state index in [1.807, 2.05) is 36.4 Å². The van der Waals surface area contributed by atoms with E-state index in [2.05, 4.69) is 49.4 Å². The average Bonchev–Trinajstić information content (AvgIpc) is 2.96. The van der Waals surface area contributed by atoms with Crippen molar-refractivity contribution in [2.45, 2.75) is 19.8 Å². The predicted octanol–water partition coefficient (Wildman–Crippen LogP) is 5.51. The van der Waals surface area contributed by atoms with Gasteiger partial charge >= 0.3 is 0 Å². The topological polar surface area (TPSA) is 0 Å². The van der Waals surface area contributed by atoms with Crippen LogP contribution >= 0.6 is 0 Å². The maximum absolute atomic E-state index is 2.25. The van der Waals surface area contributed by atoms with Crippen LogP contribution in [0.4, 0.5) is 0 Å². The summed E-state index contributed by atoms with van der Waals surface area (Å²) in [5, 5.41) is 0. The first-order valence-electron chi connectivity index (χ1n) is 7.59. The van der Waals surface area contributed by atoms with Gasteiger partial charge in [0.1, 0.15) is 0 Å². The first-order chi connectivity index (χ1) is 10.4. The highest BCUT2D eigenvalue weighted by Gasteiger charge is 2.19. The van der Waals surface area contributed by atoms with Crippen molar-refractivity contribution in [1.82, 2.24) is 0 Å². The molecule has 0 fully saturated rings.